The summed E-state index contributed by atoms with van der Waals surface area (Å²) >= 11 is 0. The first-order valence-corrected chi connectivity index (χ1v) is 14.4. The van der Waals surface area contributed by atoms with E-state index in [1.165, 1.54) is 25.1 Å². The Bertz CT molecular complexity index is 703. The van der Waals surface area contributed by atoms with Gasteiger partial charge in [0.15, 0.2) is 0 Å². The van der Waals surface area contributed by atoms with Crippen LogP contribution in [0.15, 0.2) is 54.6 Å². The highest BCUT2D eigenvalue weighted by Gasteiger charge is 2.54. The maximum Gasteiger partial charge on any atom is 0.126 e. The van der Waals surface area contributed by atoms with E-state index in [0.717, 1.165) is 36.4 Å². The van der Waals surface area contributed by atoms with Crippen LogP contribution in [-0.2, 0) is 0 Å². The minimum Gasteiger partial charge on any atom is -0.321 e. The second kappa shape index (κ2) is 8.29. The molecule has 0 radical (unpaired) electrons. The van der Waals surface area contributed by atoms with Crippen LogP contribution >= 0.6 is 0 Å². The number of allylic oxidation sites excluding steroid dienone is 4. The van der Waals surface area contributed by atoms with Crippen molar-refractivity contribution < 1.29 is 0 Å². The first-order valence-electron chi connectivity index (χ1n) is 11.4. The van der Waals surface area contributed by atoms with Crippen LogP contribution in [0.2, 0.25) is 18.6 Å². The van der Waals surface area contributed by atoms with Crippen LogP contribution in [0, 0.1) is 23.7 Å². The Morgan fingerprint density at radius 1 is 1.00 bits per heavy atom. The third-order valence-corrected chi connectivity index (χ3v) is 12.4. The number of benzene rings is 1. The van der Waals surface area contributed by atoms with E-state index in [2.05, 4.69) is 91.5 Å². The van der Waals surface area contributed by atoms with Crippen molar-refractivity contribution in [2.45, 2.75) is 44.8 Å². The lowest BCUT2D eigenvalue weighted by Crippen LogP contribution is -2.60. The van der Waals surface area contributed by atoms with Gasteiger partial charge in [0.05, 0.1) is 0 Å². The van der Waals surface area contributed by atoms with Gasteiger partial charge in [0, 0.05) is 32.1 Å². The summed E-state index contributed by atoms with van der Waals surface area (Å²) in [5.74, 6) is 3.61. The Kier molecular flexibility index (Phi) is 5.96. The quantitative estimate of drug-likeness (QED) is 0.699. The van der Waals surface area contributed by atoms with Crippen molar-refractivity contribution in [1.29, 1.82) is 0 Å². The van der Waals surface area contributed by atoms with Crippen LogP contribution < -0.4 is 5.32 Å². The summed E-state index contributed by atoms with van der Waals surface area (Å²) in [4.78, 5) is 0. The number of fused-ring (bicyclic) bond motifs is 1. The second-order valence-corrected chi connectivity index (χ2v) is 14.6. The SMILES string of the molecule is CC(C)C1CC2C(c3ccccc3)C=CC=CC2C1[Si](C)(C)N1CCNCC1. The predicted octanol–water partition coefficient (Wildman–Crippen LogP) is 5.29. The molecule has 28 heavy (non-hydrogen) atoms. The molecule has 1 saturated carbocycles. The zero-order valence-corrected chi connectivity index (χ0v) is 19.1. The van der Waals surface area contributed by atoms with E-state index in [-0.39, 0.29) is 0 Å². The zero-order valence-electron chi connectivity index (χ0n) is 18.1. The molecule has 2 aliphatic carbocycles. The highest BCUT2D eigenvalue weighted by Crippen LogP contribution is 2.59. The maximum absolute atomic E-state index is 3.56. The number of piperazine rings is 1. The molecule has 5 unspecified atom stereocenters. The molecule has 1 aromatic carbocycles. The third kappa shape index (κ3) is 3.69. The normalized spacial score (nSPS) is 33.8. The van der Waals surface area contributed by atoms with Gasteiger partial charge in [0.2, 0.25) is 0 Å². The van der Waals surface area contributed by atoms with Gasteiger partial charge < -0.3 is 9.88 Å². The smallest absolute Gasteiger partial charge is 0.126 e. The molecule has 0 aromatic heterocycles. The fourth-order valence-electron chi connectivity index (χ4n) is 6.50. The van der Waals surface area contributed by atoms with Gasteiger partial charge in [0.1, 0.15) is 8.24 Å². The first-order chi connectivity index (χ1) is 13.5. The number of hydrogen-bond acceptors (Lipinski definition) is 2. The minimum absolute atomic E-state index is 0.556. The molecule has 1 saturated heterocycles. The van der Waals surface area contributed by atoms with Gasteiger partial charge in [-0.1, -0.05) is 81.6 Å². The molecule has 0 bridgehead atoms. The highest BCUT2D eigenvalue weighted by atomic mass is 28.3. The zero-order chi connectivity index (χ0) is 19.7. The highest BCUT2D eigenvalue weighted by molar-refractivity contribution is 6.76. The summed E-state index contributed by atoms with van der Waals surface area (Å²) in [5, 5.41) is 3.56. The molecule has 1 N–H and O–H groups in total. The average molecular weight is 395 g/mol. The van der Waals surface area contributed by atoms with E-state index in [0.29, 0.717) is 11.8 Å². The third-order valence-electron chi connectivity index (χ3n) is 7.93. The summed E-state index contributed by atoms with van der Waals surface area (Å²) in [6, 6.07) is 11.3. The van der Waals surface area contributed by atoms with Gasteiger partial charge in [-0.25, -0.2) is 0 Å². The van der Waals surface area contributed by atoms with Crippen LogP contribution in [0.25, 0.3) is 0 Å². The molecule has 152 valence electrons. The molecule has 0 spiro atoms. The standard InChI is InChI=1S/C25H38N2Si/c1-19(2)23-18-24-21(20-10-6-5-7-11-20)12-8-9-13-22(24)25(23)28(3,4)27-16-14-26-15-17-27/h5-13,19,21-26H,14-18H2,1-4H3. The van der Waals surface area contributed by atoms with E-state index in [4.69, 9.17) is 0 Å². The van der Waals surface area contributed by atoms with Gasteiger partial charge in [0.25, 0.3) is 0 Å². The summed E-state index contributed by atoms with van der Waals surface area (Å²) < 4.78 is 2.91. The van der Waals surface area contributed by atoms with Crippen molar-refractivity contribution >= 4 is 8.24 Å². The van der Waals surface area contributed by atoms with Gasteiger partial charge in [-0.3, -0.25) is 0 Å². The van der Waals surface area contributed by atoms with E-state index in [1.54, 1.807) is 0 Å². The van der Waals surface area contributed by atoms with Gasteiger partial charge >= 0.3 is 0 Å². The lowest BCUT2D eigenvalue weighted by Gasteiger charge is -2.48. The van der Waals surface area contributed by atoms with Crippen LogP contribution in [0.4, 0.5) is 0 Å². The Morgan fingerprint density at radius 3 is 2.36 bits per heavy atom. The lowest BCUT2D eigenvalue weighted by atomic mass is 9.80. The topological polar surface area (TPSA) is 15.3 Å². The molecule has 1 aliphatic heterocycles. The largest absolute Gasteiger partial charge is 0.321 e. The minimum atomic E-state index is -1.54. The molecule has 2 fully saturated rings. The fraction of sp³-hybridized carbons (Fsp3) is 0.600. The second-order valence-electron chi connectivity index (χ2n) is 10.0. The Hall–Kier alpha value is -1.16. The van der Waals surface area contributed by atoms with Crippen molar-refractivity contribution in [3.8, 4) is 0 Å². The maximum atomic E-state index is 3.56. The number of rotatable bonds is 4. The number of hydrogen-bond donors (Lipinski definition) is 1. The van der Waals surface area contributed by atoms with Crippen molar-refractivity contribution in [2.75, 3.05) is 26.2 Å². The van der Waals surface area contributed by atoms with Crippen molar-refractivity contribution in [2.24, 2.45) is 23.7 Å². The molecule has 0 amide bonds. The molecule has 1 heterocycles. The van der Waals surface area contributed by atoms with Crippen LogP contribution in [0.3, 0.4) is 0 Å². The lowest BCUT2D eigenvalue weighted by molar-refractivity contribution is 0.320. The van der Waals surface area contributed by atoms with Crippen molar-refractivity contribution in [3.63, 3.8) is 0 Å². The van der Waals surface area contributed by atoms with E-state index >= 15 is 0 Å². The van der Waals surface area contributed by atoms with E-state index in [1.807, 2.05) is 0 Å². The molecule has 2 nitrogen and oxygen atoms in total. The number of nitrogens with one attached hydrogen (secondary N) is 1. The predicted molar refractivity (Wildman–Crippen MR) is 123 cm³/mol. The van der Waals surface area contributed by atoms with Crippen LogP contribution in [0.1, 0.15) is 31.7 Å². The molecule has 5 atom stereocenters. The number of nitrogens with zero attached hydrogens (tertiary/aromatic N) is 1. The van der Waals surface area contributed by atoms with E-state index < -0.39 is 8.24 Å². The van der Waals surface area contributed by atoms with Crippen LogP contribution in [0.5, 0.6) is 0 Å². The fourth-order valence-corrected chi connectivity index (χ4v) is 11.2. The Morgan fingerprint density at radius 2 is 1.68 bits per heavy atom. The average Bonchev–Trinajstić information content (AvgIpc) is 2.98. The van der Waals surface area contributed by atoms with Gasteiger partial charge in [-0.15, -0.1) is 0 Å². The van der Waals surface area contributed by atoms with Gasteiger partial charge in [-0.2, -0.15) is 0 Å². The summed E-state index contributed by atoms with van der Waals surface area (Å²) in [7, 11) is -1.54. The summed E-state index contributed by atoms with van der Waals surface area (Å²) in [6.45, 7) is 15.1. The molecule has 1 aromatic rings. The Balaban J connectivity index is 1.70. The molecular weight excluding hydrogens is 356 g/mol. The first kappa shape index (κ1) is 20.1. The Labute approximate surface area is 173 Å². The monoisotopic (exact) mass is 394 g/mol. The van der Waals surface area contributed by atoms with Crippen molar-refractivity contribution in [3.05, 3.63) is 60.2 Å². The molecule has 3 aliphatic rings. The van der Waals surface area contributed by atoms with Crippen LogP contribution in [-0.4, -0.2) is 39.0 Å². The van der Waals surface area contributed by atoms with Gasteiger partial charge in [-0.05, 0) is 41.2 Å². The summed E-state index contributed by atoms with van der Waals surface area (Å²) in [5.41, 5.74) is 2.35. The summed E-state index contributed by atoms with van der Waals surface area (Å²) in [6.07, 6.45) is 11.1. The molecule has 3 heteroatoms. The molecule has 4 rings (SSSR count). The van der Waals surface area contributed by atoms with E-state index in [9.17, 15) is 0 Å². The molecular formula is C25H38N2Si. The van der Waals surface area contributed by atoms with Crippen molar-refractivity contribution in [1.82, 2.24) is 9.88 Å².